The maximum absolute atomic E-state index is 5.89. The third-order valence-corrected chi connectivity index (χ3v) is 3.98. The highest BCUT2D eigenvalue weighted by Gasteiger charge is 2.16. The van der Waals surface area contributed by atoms with Crippen molar-refractivity contribution in [1.29, 1.82) is 0 Å². The number of hydrogen-bond acceptors (Lipinski definition) is 2. The summed E-state index contributed by atoms with van der Waals surface area (Å²) >= 11 is 0. The Morgan fingerprint density at radius 1 is 1.11 bits per heavy atom. The van der Waals surface area contributed by atoms with Crippen LogP contribution in [0, 0.1) is 6.92 Å². The van der Waals surface area contributed by atoms with Crippen molar-refractivity contribution in [3.05, 3.63) is 64.7 Å². The molecular formula is C17H20N2. The minimum atomic E-state index is 0.872. The van der Waals surface area contributed by atoms with Crippen LogP contribution in [0.1, 0.15) is 22.3 Å². The molecule has 0 aliphatic carbocycles. The maximum atomic E-state index is 5.89. The maximum Gasteiger partial charge on any atom is 0.0317 e. The lowest BCUT2D eigenvalue weighted by molar-refractivity contribution is 0.245. The lowest BCUT2D eigenvalue weighted by Crippen LogP contribution is -2.30. The molecule has 19 heavy (non-hydrogen) atoms. The van der Waals surface area contributed by atoms with Gasteiger partial charge in [0.1, 0.15) is 0 Å². The SMILES string of the molecule is Cc1ccccc1CN1CCc2ccc(N)cc2C1. The molecule has 0 spiro atoms. The Bertz CT molecular complexity index is 590. The lowest BCUT2D eigenvalue weighted by Gasteiger charge is -2.29. The highest BCUT2D eigenvalue weighted by molar-refractivity contribution is 5.45. The predicted octanol–water partition coefficient (Wildman–Crippen LogP) is 3.14. The molecule has 0 fully saturated rings. The van der Waals surface area contributed by atoms with E-state index in [-0.39, 0.29) is 0 Å². The van der Waals surface area contributed by atoms with Gasteiger partial charge in [0, 0.05) is 25.3 Å². The van der Waals surface area contributed by atoms with Gasteiger partial charge in [-0.3, -0.25) is 4.90 Å². The third kappa shape index (κ3) is 2.64. The summed E-state index contributed by atoms with van der Waals surface area (Å²) in [6.45, 7) is 5.35. The molecule has 0 radical (unpaired) electrons. The van der Waals surface area contributed by atoms with E-state index in [0.29, 0.717) is 0 Å². The Kier molecular flexibility index (Phi) is 3.26. The number of benzene rings is 2. The fraction of sp³-hybridized carbons (Fsp3) is 0.294. The predicted molar refractivity (Wildman–Crippen MR) is 79.9 cm³/mol. The molecule has 98 valence electrons. The number of rotatable bonds is 2. The van der Waals surface area contributed by atoms with Crippen LogP contribution in [0.5, 0.6) is 0 Å². The van der Waals surface area contributed by atoms with Crippen LogP contribution in [0.4, 0.5) is 5.69 Å². The van der Waals surface area contributed by atoms with Gasteiger partial charge in [0.05, 0.1) is 0 Å². The molecule has 0 saturated heterocycles. The van der Waals surface area contributed by atoms with Gasteiger partial charge in [-0.2, -0.15) is 0 Å². The molecule has 2 nitrogen and oxygen atoms in total. The van der Waals surface area contributed by atoms with Crippen LogP contribution < -0.4 is 5.73 Å². The van der Waals surface area contributed by atoms with Gasteiger partial charge in [0.25, 0.3) is 0 Å². The van der Waals surface area contributed by atoms with Gasteiger partial charge >= 0.3 is 0 Å². The molecule has 2 heteroatoms. The van der Waals surface area contributed by atoms with Crippen molar-refractivity contribution in [2.75, 3.05) is 12.3 Å². The van der Waals surface area contributed by atoms with Crippen molar-refractivity contribution >= 4 is 5.69 Å². The van der Waals surface area contributed by atoms with E-state index in [1.807, 2.05) is 6.07 Å². The topological polar surface area (TPSA) is 29.3 Å². The Hall–Kier alpha value is -1.80. The van der Waals surface area contributed by atoms with Crippen LogP contribution in [-0.2, 0) is 19.5 Å². The molecule has 0 unspecified atom stereocenters. The first-order chi connectivity index (χ1) is 9.22. The van der Waals surface area contributed by atoms with Crippen LogP contribution in [-0.4, -0.2) is 11.4 Å². The van der Waals surface area contributed by atoms with Gasteiger partial charge in [0.2, 0.25) is 0 Å². The highest BCUT2D eigenvalue weighted by Crippen LogP contribution is 2.23. The number of nitrogens with two attached hydrogens (primary N) is 1. The minimum Gasteiger partial charge on any atom is -0.399 e. The van der Waals surface area contributed by atoms with Gasteiger partial charge < -0.3 is 5.73 Å². The van der Waals surface area contributed by atoms with Crippen LogP contribution in [0.3, 0.4) is 0 Å². The van der Waals surface area contributed by atoms with Crippen molar-refractivity contribution in [3.63, 3.8) is 0 Å². The summed E-state index contributed by atoms with van der Waals surface area (Å²) in [6, 6.07) is 14.9. The number of fused-ring (bicyclic) bond motifs is 1. The first-order valence-electron chi connectivity index (χ1n) is 6.86. The molecule has 2 N–H and O–H groups in total. The molecule has 0 aromatic heterocycles. The van der Waals surface area contributed by atoms with E-state index >= 15 is 0 Å². The van der Waals surface area contributed by atoms with Crippen LogP contribution >= 0.6 is 0 Å². The number of nitrogen functional groups attached to an aromatic ring is 1. The van der Waals surface area contributed by atoms with Gasteiger partial charge in [0.15, 0.2) is 0 Å². The van der Waals surface area contributed by atoms with Crippen molar-refractivity contribution in [3.8, 4) is 0 Å². The van der Waals surface area contributed by atoms with E-state index in [9.17, 15) is 0 Å². The summed E-state index contributed by atoms with van der Waals surface area (Å²) < 4.78 is 0. The van der Waals surface area contributed by atoms with E-state index in [1.54, 1.807) is 0 Å². The number of aryl methyl sites for hydroxylation is 1. The van der Waals surface area contributed by atoms with Crippen LogP contribution in [0.2, 0.25) is 0 Å². The van der Waals surface area contributed by atoms with Crippen molar-refractivity contribution < 1.29 is 0 Å². The average Bonchev–Trinajstić information content (AvgIpc) is 2.41. The van der Waals surface area contributed by atoms with Crippen molar-refractivity contribution in [1.82, 2.24) is 4.90 Å². The molecule has 0 amide bonds. The average molecular weight is 252 g/mol. The summed E-state index contributed by atoms with van der Waals surface area (Å²) in [5.74, 6) is 0. The summed E-state index contributed by atoms with van der Waals surface area (Å²) in [6.07, 6.45) is 1.13. The normalized spacial score (nSPS) is 15.2. The third-order valence-electron chi connectivity index (χ3n) is 3.98. The van der Waals surface area contributed by atoms with Crippen LogP contribution in [0.25, 0.3) is 0 Å². The van der Waals surface area contributed by atoms with Crippen molar-refractivity contribution in [2.24, 2.45) is 0 Å². The van der Waals surface area contributed by atoms with Crippen LogP contribution in [0.15, 0.2) is 42.5 Å². The van der Waals surface area contributed by atoms with Gasteiger partial charge in [-0.15, -0.1) is 0 Å². The molecule has 1 aliphatic rings. The molecular weight excluding hydrogens is 232 g/mol. The second kappa shape index (κ2) is 5.06. The molecule has 1 aliphatic heterocycles. The number of nitrogens with zero attached hydrogens (tertiary/aromatic N) is 1. The molecule has 2 aromatic carbocycles. The Morgan fingerprint density at radius 2 is 1.95 bits per heavy atom. The molecule has 3 rings (SSSR count). The van der Waals surface area contributed by atoms with Crippen molar-refractivity contribution in [2.45, 2.75) is 26.4 Å². The number of anilines is 1. The molecule has 0 bridgehead atoms. The summed E-state index contributed by atoms with van der Waals surface area (Å²) in [5.41, 5.74) is 12.4. The molecule has 2 aromatic rings. The summed E-state index contributed by atoms with van der Waals surface area (Å²) in [5, 5.41) is 0. The first-order valence-corrected chi connectivity index (χ1v) is 6.86. The van der Waals surface area contributed by atoms with E-state index in [1.165, 1.54) is 22.3 Å². The van der Waals surface area contributed by atoms with Gasteiger partial charge in [-0.05, 0) is 47.7 Å². The highest BCUT2D eigenvalue weighted by atomic mass is 15.1. The smallest absolute Gasteiger partial charge is 0.0317 e. The monoisotopic (exact) mass is 252 g/mol. The molecule has 1 heterocycles. The van der Waals surface area contributed by atoms with E-state index < -0.39 is 0 Å². The second-order valence-corrected chi connectivity index (χ2v) is 5.42. The summed E-state index contributed by atoms with van der Waals surface area (Å²) in [7, 11) is 0. The zero-order valence-corrected chi connectivity index (χ0v) is 11.4. The Balaban J connectivity index is 1.77. The molecule has 0 atom stereocenters. The number of hydrogen-bond donors (Lipinski definition) is 1. The van der Waals surface area contributed by atoms with E-state index in [0.717, 1.165) is 31.7 Å². The van der Waals surface area contributed by atoms with E-state index in [4.69, 9.17) is 5.73 Å². The zero-order valence-electron chi connectivity index (χ0n) is 11.4. The largest absolute Gasteiger partial charge is 0.399 e. The quantitative estimate of drug-likeness (QED) is 0.832. The fourth-order valence-corrected chi connectivity index (χ4v) is 2.80. The second-order valence-electron chi connectivity index (χ2n) is 5.42. The van der Waals surface area contributed by atoms with Gasteiger partial charge in [-0.25, -0.2) is 0 Å². The molecule has 0 saturated carbocycles. The minimum absolute atomic E-state index is 0.872. The zero-order chi connectivity index (χ0) is 13.2. The lowest BCUT2D eigenvalue weighted by atomic mass is 9.98. The van der Waals surface area contributed by atoms with E-state index in [2.05, 4.69) is 48.2 Å². The fourth-order valence-electron chi connectivity index (χ4n) is 2.80. The van der Waals surface area contributed by atoms with Gasteiger partial charge in [-0.1, -0.05) is 30.3 Å². The Morgan fingerprint density at radius 3 is 2.79 bits per heavy atom. The first kappa shape index (κ1) is 12.2. The standard InChI is InChI=1S/C17H20N2/c1-13-4-2-3-5-15(13)11-19-9-8-14-6-7-17(18)10-16(14)12-19/h2-7,10H,8-9,11-12,18H2,1H3. The Labute approximate surface area is 114 Å². The summed E-state index contributed by atoms with van der Waals surface area (Å²) in [4.78, 5) is 2.50.